The van der Waals surface area contributed by atoms with Crippen molar-refractivity contribution in [3.8, 4) is 11.5 Å². The molecule has 28 heavy (non-hydrogen) atoms. The molecule has 1 aromatic carbocycles. The maximum absolute atomic E-state index is 12.4. The molecule has 0 spiro atoms. The predicted molar refractivity (Wildman–Crippen MR) is 101 cm³/mol. The number of hydrogen-bond donors (Lipinski definition) is 1. The van der Waals surface area contributed by atoms with Crippen LogP contribution in [0.2, 0.25) is 0 Å². The first-order valence-electron chi connectivity index (χ1n) is 8.60. The summed E-state index contributed by atoms with van der Waals surface area (Å²) >= 11 is 1.49. The normalized spacial score (nSPS) is 15.2. The lowest BCUT2D eigenvalue weighted by Gasteiger charge is -2.23. The van der Waals surface area contributed by atoms with Gasteiger partial charge in [-0.15, -0.1) is 11.3 Å². The summed E-state index contributed by atoms with van der Waals surface area (Å²) in [6, 6.07) is 7.31. The SMILES string of the molecule is CC(C)[C@H](NC(=O)COc1ccc2c(c1)O/C(=C\c1cccs1)C2=O)C(=O)[O-]. The number of rotatable bonds is 7. The monoisotopic (exact) mass is 400 g/mol. The number of Topliss-reactive ketones (excluding diaryl/α,β-unsaturated/α-hetero) is 1. The van der Waals surface area contributed by atoms with E-state index in [0.29, 0.717) is 17.1 Å². The Balaban J connectivity index is 1.64. The van der Waals surface area contributed by atoms with E-state index in [9.17, 15) is 19.5 Å². The second kappa shape index (κ2) is 8.26. The van der Waals surface area contributed by atoms with Crippen LogP contribution in [-0.4, -0.2) is 30.3 Å². The smallest absolute Gasteiger partial charge is 0.258 e. The van der Waals surface area contributed by atoms with Crippen LogP contribution in [0.15, 0.2) is 41.5 Å². The molecule has 7 nitrogen and oxygen atoms in total. The predicted octanol–water partition coefficient (Wildman–Crippen LogP) is 1.63. The Kier molecular flexibility index (Phi) is 5.79. The maximum atomic E-state index is 12.4. The Hall–Kier alpha value is -3.13. The maximum Gasteiger partial charge on any atom is 0.258 e. The lowest BCUT2D eigenvalue weighted by atomic mass is 10.1. The molecule has 1 aliphatic heterocycles. The van der Waals surface area contributed by atoms with Crippen LogP contribution in [0.1, 0.15) is 29.1 Å². The van der Waals surface area contributed by atoms with Crippen LogP contribution in [0.5, 0.6) is 11.5 Å². The van der Waals surface area contributed by atoms with Crippen LogP contribution < -0.4 is 19.9 Å². The van der Waals surface area contributed by atoms with Gasteiger partial charge in [0.05, 0.1) is 17.6 Å². The number of allylic oxidation sites excluding steroid dienone is 1. The zero-order valence-corrected chi connectivity index (χ0v) is 16.1. The van der Waals surface area contributed by atoms with E-state index in [1.54, 1.807) is 32.1 Å². The van der Waals surface area contributed by atoms with Gasteiger partial charge in [-0.1, -0.05) is 19.9 Å². The number of fused-ring (bicyclic) bond motifs is 1. The average molecular weight is 400 g/mol. The summed E-state index contributed by atoms with van der Waals surface area (Å²) in [6.07, 6.45) is 1.67. The fourth-order valence-corrected chi connectivity index (χ4v) is 3.27. The summed E-state index contributed by atoms with van der Waals surface area (Å²) in [5.74, 6) is -1.57. The number of ether oxygens (including phenoxy) is 2. The van der Waals surface area contributed by atoms with Gasteiger partial charge in [-0.05, 0) is 29.5 Å². The van der Waals surface area contributed by atoms with Crippen LogP contribution in [0.25, 0.3) is 6.08 Å². The number of ketones is 1. The van der Waals surface area contributed by atoms with Crippen LogP contribution in [0.3, 0.4) is 0 Å². The van der Waals surface area contributed by atoms with Gasteiger partial charge in [-0.3, -0.25) is 9.59 Å². The van der Waals surface area contributed by atoms with Crippen molar-refractivity contribution in [2.75, 3.05) is 6.61 Å². The molecule has 1 aliphatic rings. The minimum absolute atomic E-state index is 0.221. The molecule has 1 aromatic heterocycles. The second-order valence-corrected chi connectivity index (χ2v) is 7.49. The Morgan fingerprint density at radius 1 is 1.32 bits per heavy atom. The molecule has 0 unspecified atom stereocenters. The first kappa shape index (κ1) is 19.6. The van der Waals surface area contributed by atoms with E-state index < -0.39 is 17.9 Å². The fraction of sp³-hybridized carbons (Fsp3) is 0.250. The van der Waals surface area contributed by atoms with Crippen LogP contribution in [0, 0.1) is 5.92 Å². The highest BCUT2D eigenvalue weighted by atomic mass is 32.1. The van der Waals surface area contributed by atoms with E-state index in [-0.39, 0.29) is 24.1 Å². The summed E-state index contributed by atoms with van der Waals surface area (Å²) in [5.41, 5.74) is 0.413. The number of amides is 1. The quantitative estimate of drug-likeness (QED) is 0.709. The van der Waals surface area contributed by atoms with Gasteiger partial charge in [0, 0.05) is 17.0 Å². The van der Waals surface area contributed by atoms with E-state index in [0.717, 1.165) is 4.88 Å². The van der Waals surface area contributed by atoms with Crippen molar-refractivity contribution in [2.24, 2.45) is 5.92 Å². The molecule has 0 radical (unpaired) electrons. The van der Waals surface area contributed by atoms with Gasteiger partial charge in [-0.2, -0.15) is 0 Å². The fourth-order valence-electron chi connectivity index (χ4n) is 2.62. The minimum Gasteiger partial charge on any atom is -0.548 e. The minimum atomic E-state index is -1.35. The number of carbonyl (C=O) groups is 3. The molecule has 8 heteroatoms. The number of carboxylic acid groups (broad SMARTS) is 1. The largest absolute Gasteiger partial charge is 0.548 e. The average Bonchev–Trinajstić information content (AvgIpc) is 3.26. The molecule has 0 bridgehead atoms. The number of aliphatic carboxylic acids is 1. The Morgan fingerprint density at radius 3 is 2.75 bits per heavy atom. The van der Waals surface area contributed by atoms with Gasteiger partial charge >= 0.3 is 0 Å². The number of carboxylic acids is 1. The van der Waals surface area contributed by atoms with Gasteiger partial charge < -0.3 is 24.7 Å². The van der Waals surface area contributed by atoms with Crippen molar-refractivity contribution < 1.29 is 29.0 Å². The summed E-state index contributed by atoms with van der Waals surface area (Å²) in [6.45, 7) is 2.95. The topological polar surface area (TPSA) is 105 Å². The van der Waals surface area contributed by atoms with E-state index in [4.69, 9.17) is 9.47 Å². The molecule has 0 saturated heterocycles. The second-order valence-electron chi connectivity index (χ2n) is 6.51. The highest BCUT2D eigenvalue weighted by Crippen LogP contribution is 2.35. The van der Waals surface area contributed by atoms with Gasteiger partial charge in [-0.25, -0.2) is 0 Å². The Labute approximate surface area is 165 Å². The molecule has 1 N–H and O–H groups in total. The number of hydrogen-bond acceptors (Lipinski definition) is 7. The van der Waals surface area contributed by atoms with E-state index >= 15 is 0 Å². The van der Waals surface area contributed by atoms with Crippen molar-refractivity contribution in [1.82, 2.24) is 5.32 Å². The molecule has 146 valence electrons. The first-order valence-corrected chi connectivity index (χ1v) is 9.48. The summed E-state index contributed by atoms with van der Waals surface area (Å²) < 4.78 is 11.0. The molecule has 0 fully saturated rings. The van der Waals surface area contributed by atoms with Crippen molar-refractivity contribution in [2.45, 2.75) is 19.9 Å². The van der Waals surface area contributed by atoms with Crippen LogP contribution in [0.4, 0.5) is 0 Å². The van der Waals surface area contributed by atoms with Crippen molar-refractivity contribution in [3.05, 3.63) is 51.9 Å². The van der Waals surface area contributed by atoms with E-state index in [1.165, 1.54) is 17.4 Å². The van der Waals surface area contributed by atoms with Gasteiger partial charge in [0.25, 0.3) is 5.91 Å². The molecular weight excluding hydrogens is 382 g/mol. The number of thiophene rings is 1. The van der Waals surface area contributed by atoms with E-state index in [1.807, 2.05) is 17.5 Å². The van der Waals surface area contributed by atoms with Crippen LogP contribution >= 0.6 is 11.3 Å². The molecular formula is C20H18NO6S-. The third-order valence-corrected chi connectivity index (χ3v) is 4.88. The van der Waals surface area contributed by atoms with Crippen molar-refractivity contribution in [1.29, 1.82) is 0 Å². The third-order valence-electron chi connectivity index (χ3n) is 4.06. The zero-order chi connectivity index (χ0) is 20.3. The molecule has 1 atom stereocenters. The van der Waals surface area contributed by atoms with Crippen LogP contribution in [-0.2, 0) is 9.59 Å². The van der Waals surface area contributed by atoms with Gasteiger partial charge in [0.2, 0.25) is 5.78 Å². The first-order chi connectivity index (χ1) is 13.3. The zero-order valence-electron chi connectivity index (χ0n) is 15.3. The van der Waals surface area contributed by atoms with Gasteiger partial charge in [0.1, 0.15) is 11.5 Å². The lowest BCUT2D eigenvalue weighted by molar-refractivity contribution is -0.309. The lowest BCUT2D eigenvalue weighted by Crippen LogP contribution is -2.51. The number of nitrogens with one attached hydrogen (secondary N) is 1. The Morgan fingerprint density at radius 2 is 2.11 bits per heavy atom. The molecule has 0 saturated carbocycles. The number of benzene rings is 1. The molecule has 2 heterocycles. The number of carbonyl (C=O) groups excluding carboxylic acids is 3. The highest BCUT2D eigenvalue weighted by molar-refractivity contribution is 7.10. The molecule has 1 amide bonds. The standard InChI is InChI=1S/C20H19NO6S/c1-11(2)18(20(24)25)21-17(22)10-26-12-5-6-14-15(8-12)27-16(19(14)23)9-13-4-3-7-28-13/h3-9,11,18H,10H2,1-2H3,(H,21,22)(H,24,25)/p-1/b16-9-/t18-/m0/s1. The molecule has 0 aliphatic carbocycles. The molecule has 3 rings (SSSR count). The van der Waals surface area contributed by atoms with Crippen molar-refractivity contribution >= 4 is 35.1 Å². The summed E-state index contributed by atoms with van der Waals surface area (Å²) in [5, 5.41) is 15.3. The molecule has 2 aromatic rings. The Bertz CT molecular complexity index is 932. The van der Waals surface area contributed by atoms with E-state index in [2.05, 4.69) is 5.32 Å². The summed E-state index contributed by atoms with van der Waals surface area (Å²) in [4.78, 5) is 36.3. The summed E-state index contributed by atoms with van der Waals surface area (Å²) in [7, 11) is 0. The van der Waals surface area contributed by atoms with Gasteiger partial charge in [0.15, 0.2) is 12.4 Å². The highest BCUT2D eigenvalue weighted by Gasteiger charge is 2.28. The van der Waals surface area contributed by atoms with Crippen molar-refractivity contribution in [3.63, 3.8) is 0 Å². The third kappa shape index (κ3) is 4.40.